The fourth-order valence-corrected chi connectivity index (χ4v) is 0.867. The second kappa shape index (κ2) is 4.23. The summed E-state index contributed by atoms with van der Waals surface area (Å²) in [7, 11) is 0. The number of hydrogen-bond donors (Lipinski definition) is 1. The van der Waals surface area contributed by atoms with E-state index >= 15 is 0 Å². The molecule has 0 aromatic carbocycles. The number of aromatic nitrogens is 1. The van der Waals surface area contributed by atoms with Crippen LogP contribution in [0.1, 0.15) is 17.3 Å². The molecule has 1 rings (SSSR count). The lowest BCUT2D eigenvalue weighted by atomic mass is 10.2. The molecular weight excluding hydrogens is 184 g/mol. The van der Waals surface area contributed by atoms with Gasteiger partial charge in [0.25, 0.3) is 0 Å². The van der Waals surface area contributed by atoms with E-state index in [0.717, 1.165) is 0 Å². The number of carboxylic acid groups (broad SMARTS) is 1. The van der Waals surface area contributed by atoms with Crippen LogP contribution in [0.25, 0.3) is 0 Å². The van der Waals surface area contributed by atoms with Crippen molar-refractivity contribution < 1.29 is 14.6 Å². The summed E-state index contributed by atoms with van der Waals surface area (Å²) in [5.74, 6) is -0.999. The molecule has 0 radical (unpaired) electrons. The fraction of sp³-hybridized carbons (Fsp3) is 0.222. The Kier molecular flexibility index (Phi) is 3.02. The predicted molar refractivity (Wildman–Crippen MR) is 46.9 cm³/mol. The molecule has 0 aliphatic rings. The van der Waals surface area contributed by atoms with Gasteiger partial charge in [-0.15, -0.1) is 0 Å². The van der Waals surface area contributed by atoms with Crippen LogP contribution in [0.4, 0.5) is 0 Å². The highest BCUT2D eigenvalue weighted by molar-refractivity contribution is 5.90. The minimum atomic E-state index is -1.10. The third-order valence-corrected chi connectivity index (χ3v) is 1.50. The van der Waals surface area contributed by atoms with Gasteiger partial charge in [-0.2, -0.15) is 5.26 Å². The lowest BCUT2D eigenvalue weighted by Gasteiger charge is -2.08. The zero-order chi connectivity index (χ0) is 10.6. The van der Waals surface area contributed by atoms with E-state index in [0.29, 0.717) is 0 Å². The maximum absolute atomic E-state index is 10.7. The summed E-state index contributed by atoms with van der Waals surface area (Å²) < 4.78 is 5.05. The topological polar surface area (TPSA) is 83.2 Å². The number of rotatable bonds is 3. The van der Waals surface area contributed by atoms with Crippen LogP contribution >= 0.6 is 0 Å². The molecule has 0 saturated heterocycles. The molecular formula is C9H8N2O3. The largest absolute Gasteiger partial charge is 0.478 e. The minimum absolute atomic E-state index is 0.00194. The Hall–Kier alpha value is -2.09. The number of ether oxygens (including phenoxy) is 1. The summed E-state index contributed by atoms with van der Waals surface area (Å²) in [5.41, 5.74) is 0.00194. The molecule has 5 heteroatoms. The zero-order valence-electron chi connectivity index (χ0n) is 7.47. The SMILES string of the molecule is CC(C#N)Oc1cnccc1C(=O)O. The molecule has 1 aromatic heterocycles. The number of nitrogens with zero attached hydrogens (tertiary/aromatic N) is 2. The van der Waals surface area contributed by atoms with Gasteiger partial charge in [-0.25, -0.2) is 4.79 Å². The van der Waals surface area contributed by atoms with E-state index in [2.05, 4.69) is 4.98 Å². The second-order valence-electron chi connectivity index (χ2n) is 2.57. The summed E-state index contributed by atoms with van der Waals surface area (Å²) in [6.45, 7) is 1.53. The van der Waals surface area contributed by atoms with Crippen LogP contribution in [0.2, 0.25) is 0 Å². The third kappa shape index (κ3) is 2.20. The van der Waals surface area contributed by atoms with Gasteiger partial charge < -0.3 is 9.84 Å². The molecule has 0 spiro atoms. The molecule has 14 heavy (non-hydrogen) atoms. The van der Waals surface area contributed by atoms with Crippen molar-refractivity contribution in [3.63, 3.8) is 0 Å². The Morgan fingerprint density at radius 1 is 1.79 bits per heavy atom. The first kappa shape index (κ1) is 9.99. The molecule has 5 nitrogen and oxygen atoms in total. The zero-order valence-corrected chi connectivity index (χ0v) is 7.47. The van der Waals surface area contributed by atoms with E-state index in [1.807, 2.05) is 6.07 Å². The van der Waals surface area contributed by atoms with Gasteiger partial charge in [0.1, 0.15) is 11.6 Å². The normalized spacial score (nSPS) is 11.4. The summed E-state index contributed by atoms with van der Waals surface area (Å²) in [4.78, 5) is 14.4. The molecule has 1 aromatic rings. The van der Waals surface area contributed by atoms with E-state index in [9.17, 15) is 4.79 Å². The molecule has 0 bridgehead atoms. The van der Waals surface area contributed by atoms with Crippen LogP contribution in [0, 0.1) is 11.3 Å². The smallest absolute Gasteiger partial charge is 0.339 e. The Morgan fingerprint density at radius 2 is 2.50 bits per heavy atom. The quantitative estimate of drug-likeness (QED) is 0.774. The Bertz CT molecular complexity index is 384. The van der Waals surface area contributed by atoms with Gasteiger partial charge in [0.2, 0.25) is 0 Å². The number of aromatic carboxylic acids is 1. The molecule has 1 heterocycles. The van der Waals surface area contributed by atoms with Crippen molar-refractivity contribution in [3.8, 4) is 11.8 Å². The van der Waals surface area contributed by atoms with Crippen molar-refractivity contribution in [3.05, 3.63) is 24.0 Å². The Labute approximate surface area is 80.6 Å². The first-order valence-corrected chi connectivity index (χ1v) is 3.88. The number of carboxylic acids is 1. The molecule has 0 aliphatic carbocycles. The molecule has 0 saturated carbocycles. The van der Waals surface area contributed by atoms with Crippen LogP contribution in [0.3, 0.4) is 0 Å². The lowest BCUT2D eigenvalue weighted by Crippen LogP contribution is -2.11. The van der Waals surface area contributed by atoms with E-state index < -0.39 is 12.1 Å². The van der Waals surface area contributed by atoms with Crippen molar-refractivity contribution in [2.75, 3.05) is 0 Å². The van der Waals surface area contributed by atoms with Gasteiger partial charge in [0, 0.05) is 6.20 Å². The van der Waals surface area contributed by atoms with Crippen LogP contribution in [-0.2, 0) is 0 Å². The summed E-state index contributed by atoms with van der Waals surface area (Å²) in [6.07, 6.45) is 1.93. The molecule has 0 fully saturated rings. The van der Waals surface area contributed by atoms with Gasteiger partial charge in [0.05, 0.1) is 6.20 Å². The van der Waals surface area contributed by atoms with Crippen LogP contribution < -0.4 is 4.74 Å². The van der Waals surface area contributed by atoms with Gasteiger partial charge in [-0.1, -0.05) is 0 Å². The molecule has 1 N–H and O–H groups in total. The maximum Gasteiger partial charge on any atom is 0.339 e. The van der Waals surface area contributed by atoms with Crippen molar-refractivity contribution in [2.45, 2.75) is 13.0 Å². The number of pyridine rings is 1. The standard InChI is InChI=1S/C9H8N2O3/c1-6(4-10)14-8-5-11-3-2-7(8)9(12)13/h2-3,5-6H,1H3,(H,12,13). The van der Waals surface area contributed by atoms with E-state index in [4.69, 9.17) is 15.1 Å². The van der Waals surface area contributed by atoms with E-state index in [1.165, 1.54) is 25.4 Å². The molecule has 1 atom stereocenters. The first-order chi connectivity index (χ1) is 6.65. The Balaban J connectivity index is 2.97. The fourth-order valence-electron chi connectivity index (χ4n) is 0.867. The summed E-state index contributed by atoms with van der Waals surface area (Å²) >= 11 is 0. The van der Waals surface area contributed by atoms with E-state index in [1.54, 1.807) is 0 Å². The van der Waals surface area contributed by atoms with Crippen LogP contribution in [0.15, 0.2) is 18.5 Å². The summed E-state index contributed by atoms with van der Waals surface area (Å²) in [6, 6.07) is 3.16. The van der Waals surface area contributed by atoms with Crippen molar-refractivity contribution in [1.29, 1.82) is 5.26 Å². The number of carbonyl (C=O) groups is 1. The second-order valence-corrected chi connectivity index (χ2v) is 2.57. The highest BCUT2D eigenvalue weighted by Gasteiger charge is 2.12. The highest BCUT2D eigenvalue weighted by atomic mass is 16.5. The van der Waals surface area contributed by atoms with Crippen molar-refractivity contribution in [1.82, 2.24) is 4.98 Å². The molecule has 72 valence electrons. The number of hydrogen-bond acceptors (Lipinski definition) is 4. The average molecular weight is 192 g/mol. The summed E-state index contributed by atoms with van der Waals surface area (Å²) in [5, 5.41) is 17.2. The van der Waals surface area contributed by atoms with Gasteiger partial charge in [-0.05, 0) is 13.0 Å². The lowest BCUT2D eigenvalue weighted by molar-refractivity contribution is 0.0691. The molecule has 0 aliphatic heterocycles. The maximum atomic E-state index is 10.7. The average Bonchev–Trinajstić information content (AvgIpc) is 2.18. The van der Waals surface area contributed by atoms with Crippen molar-refractivity contribution >= 4 is 5.97 Å². The molecule has 1 unspecified atom stereocenters. The van der Waals surface area contributed by atoms with E-state index in [-0.39, 0.29) is 11.3 Å². The van der Waals surface area contributed by atoms with Gasteiger partial charge in [0.15, 0.2) is 11.9 Å². The first-order valence-electron chi connectivity index (χ1n) is 3.88. The number of nitriles is 1. The van der Waals surface area contributed by atoms with Gasteiger partial charge in [-0.3, -0.25) is 4.98 Å². The monoisotopic (exact) mass is 192 g/mol. The minimum Gasteiger partial charge on any atom is -0.478 e. The van der Waals surface area contributed by atoms with Gasteiger partial charge >= 0.3 is 5.97 Å². The third-order valence-electron chi connectivity index (χ3n) is 1.50. The van der Waals surface area contributed by atoms with Crippen molar-refractivity contribution in [2.24, 2.45) is 0 Å². The predicted octanol–water partition coefficient (Wildman–Crippen LogP) is 1.07. The molecule has 0 amide bonds. The highest BCUT2D eigenvalue weighted by Crippen LogP contribution is 2.17. The van der Waals surface area contributed by atoms with Crippen LogP contribution in [-0.4, -0.2) is 22.2 Å². The van der Waals surface area contributed by atoms with Crippen LogP contribution in [0.5, 0.6) is 5.75 Å². The Morgan fingerprint density at radius 3 is 3.07 bits per heavy atom.